The van der Waals surface area contributed by atoms with Gasteiger partial charge in [-0.15, -0.1) is 0 Å². The molecule has 0 fully saturated rings. The van der Waals surface area contributed by atoms with Gasteiger partial charge in [0, 0.05) is 17.8 Å². The molecule has 0 spiro atoms. The van der Waals surface area contributed by atoms with Crippen molar-refractivity contribution in [3.05, 3.63) is 48.0 Å². The summed E-state index contributed by atoms with van der Waals surface area (Å²) in [6.45, 7) is 2.41. The Morgan fingerprint density at radius 2 is 1.83 bits per heavy atom. The zero-order valence-electron chi connectivity index (χ0n) is 13.5. The molecule has 0 radical (unpaired) electrons. The first-order chi connectivity index (χ1) is 11.1. The first-order valence-corrected chi connectivity index (χ1v) is 7.51. The molecule has 0 aliphatic rings. The lowest BCUT2D eigenvalue weighted by atomic mass is 10.2. The minimum Gasteiger partial charge on any atom is -0.497 e. The van der Waals surface area contributed by atoms with E-state index in [1.54, 1.807) is 13.2 Å². The number of anilines is 2. The molecule has 5 heteroatoms. The Kier molecular flexibility index (Phi) is 5.86. The van der Waals surface area contributed by atoms with E-state index in [-0.39, 0.29) is 5.91 Å². The number of nitrogens with one attached hydrogen (secondary N) is 1. The Morgan fingerprint density at radius 1 is 1.13 bits per heavy atom. The monoisotopic (exact) mass is 314 g/mol. The molecule has 0 heterocycles. The van der Waals surface area contributed by atoms with Gasteiger partial charge in [-0.1, -0.05) is 6.07 Å². The van der Waals surface area contributed by atoms with Gasteiger partial charge < -0.3 is 20.5 Å². The van der Waals surface area contributed by atoms with Crippen molar-refractivity contribution < 1.29 is 14.3 Å². The SMILES string of the molecule is COc1ccc(OCCCC(=O)Nc2ccc(C)c(N)c2)cc1. The average molecular weight is 314 g/mol. The summed E-state index contributed by atoms with van der Waals surface area (Å²) in [6.07, 6.45) is 1.03. The molecule has 5 nitrogen and oxygen atoms in total. The summed E-state index contributed by atoms with van der Waals surface area (Å²) in [5.41, 5.74) is 8.21. The van der Waals surface area contributed by atoms with Crippen LogP contribution in [-0.2, 0) is 4.79 Å². The van der Waals surface area contributed by atoms with Crippen LogP contribution in [0.4, 0.5) is 11.4 Å². The third kappa shape index (κ3) is 5.21. The van der Waals surface area contributed by atoms with Gasteiger partial charge in [0.1, 0.15) is 11.5 Å². The van der Waals surface area contributed by atoms with Gasteiger partial charge >= 0.3 is 0 Å². The number of hydrogen-bond donors (Lipinski definition) is 2. The number of nitrogens with two attached hydrogens (primary N) is 1. The molecular weight excluding hydrogens is 292 g/mol. The summed E-state index contributed by atoms with van der Waals surface area (Å²) in [5.74, 6) is 1.50. The van der Waals surface area contributed by atoms with Crippen LogP contribution in [0.15, 0.2) is 42.5 Å². The fourth-order valence-corrected chi connectivity index (χ4v) is 2.04. The third-order valence-corrected chi connectivity index (χ3v) is 3.44. The van der Waals surface area contributed by atoms with E-state index in [1.807, 2.05) is 43.3 Å². The fraction of sp³-hybridized carbons (Fsp3) is 0.278. The maximum atomic E-state index is 11.9. The van der Waals surface area contributed by atoms with E-state index in [9.17, 15) is 4.79 Å². The lowest BCUT2D eigenvalue weighted by Crippen LogP contribution is -2.13. The standard InChI is InChI=1S/C18H22N2O3/c1-13-5-6-14(12-17(13)19)20-18(21)4-3-11-23-16-9-7-15(22-2)8-10-16/h5-10,12H,3-4,11,19H2,1-2H3,(H,20,21). The van der Waals surface area contributed by atoms with E-state index < -0.39 is 0 Å². The Labute approximate surface area is 136 Å². The van der Waals surface area contributed by atoms with Crippen molar-refractivity contribution in [2.45, 2.75) is 19.8 Å². The number of rotatable bonds is 7. The van der Waals surface area contributed by atoms with Crippen LogP contribution in [-0.4, -0.2) is 19.6 Å². The van der Waals surface area contributed by atoms with E-state index in [0.29, 0.717) is 30.8 Å². The number of ether oxygens (including phenoxy) is 2. The van der Waals surface area contributed by atoms with Crippen molar-refractivity contribution in [3.8, 4) is 11.5 Å². The predicted octanol–water partition coefficient (Wildman–Crippen LogP) is 3.38. The molecule has 0 aliphatic carbocycles. The van der Waals surface area contributed by atoms with Gasteiger partial charge in [-0.05, 0) is 55.3 Å². The van der Waals surface area contributed by atoms with Crippen LogP contribution in [0, 0.1) is 6.92 Å². The normalized spacial score (nSPS) is 10.2. The van der Waals surface area contributed by atoms with Gasteiger partial charge in [0.2, 0.25) is 5.91 Å². The smallest absolute Gasteiger partial charge is 0.224 e. The maximum Gasteiger partial charge on any atom is 0.224 e. The van der Waals surface area contributed by atoms with Crippen LogP contribution in [0.3, 0.4) is 0 Å². The van der Waals surface area contributed by atoms with Gasteiger partial charge in [0.15, 0.2) is 0 Å². The fourth-order valence-electron chi connectivity index (χ4n) is 2.04. The van der Waals surface area contributed by atoms with Crippen LogP contribution in [0.1, 0.15) is 18.4 Å². The molecule has 1 amide bonds. The molecule has 2 aromatic rings. The highest BCUT2D eigenvalue weighted by Crippen LogP contribution is 2.18. The van der Waals surface area contributed by atoms with Crippen molar-refractivity contribution in [3.63, 3.8) is 0 Å². The lowest BCUT2D eigenvalue weighted by molar-refractivity contribution is -0.116. The lowest BCUT2D eigenvalue weighted by Gasteiger charge is -2.09. The number of aryl methyl sites for hydroxylation is 1. The molecule has 0 bridgehead atoms. The Hall–Kier alpha value is -2.69. The Balaban J connectivity index is 1.70. The molecule has 0 aromatic heterocycles. The number of methoxy groups -OCH3 is 1. The summed E-state index contributed by atoms with van der Waals surface area (Å²) >= 11 is 0. The van der Waals surface area contributed by atoms with Crippen LogP contribution in [0.2, 0.25) is 0 Å². The van der Waals surface area contributed by atoms with E-state index >= 15 is 0 Å². The van der Waals surface area contributed by atoms with Crippen molar-refractivity contribution in [1.82, 2.24) is 0 Å². The number of carbonyl (C=O) groups is 1. The van der Waals surface area contributed by atoms with Crippen molar-refractivity contribution in [1.29, 1.82) is 0 Å². The van der Waals surface area contributed by atoms with E-state index in [0.717, 1.165) is 17.1 Å². The molecule has 122 valence electrons. The minimum absolute atomic E-state index is 0.0495. The number of nitrogen functional groups attached to an aromatic ring is 1. The summed E-state index contributed by atoms with van der Waals surface area (Å²) in [4.78, 5) is 11.9. The van der Waals surface area contributed by atoms with Crippen LogP contribution >= 0.6 is 0 Å². The molecule has 0 saturated carbocycles. The minimum atomic E-state index is -0.0495. The highest BCUT2D eigenvalue weighted by Gasteiger charge is 2.04. The van der Waals surface area contributed by atoms with Crippen molar-refractivity contribution in [2.24, 2.45) is 0 Å². The molecular formula is C18H22N2O3. The molecule has 0 atom stereocenters. The summed E-state index contributed by atoms with van der Waals surface area (Å²) in [7, 11) is 1.62. The number of amides is 1. The molecule has 0 aliphatic heterocycles. The van der Waals surface area contributed by atoms with E-state index in [2.05, 4.69) is 5.32 Å². The van der Waals surface area contributed by atoms with E-state index in [4.69, 9.17) is 15.2 Å². The topological polar surface area (TPSA) is 73.6 Å². The first-order valence-electron chi connectivity index (χ1n) is 7.51. The van der Waals surface area contributed by atoms with Crippen LogP contribution in [0.25, 0.3) is 0 Å². The molecule has 0 saturated heterocycles. The largest absolute Gasteiger partial charge is 0.497 e. The van der Waals surface area contributed by atoms with Crippen molar-refractivity contribution in [2.75, 3.05) is 24.8 Å². The van der Waals surface area contributed by atoms with Gasteiger partial charge in [-0.25, -0.2) is 0 Å². The second-order valence-corrected chi connectivity index (χ2v) is 5.25. The van der Waals surface area contributed by atoms with Gasteiger partial charge in [0.05, 0.1) is 13.7 Å². The van der Waals surface area contributed by atoms with Gasteiger partial charge in [0.25, 0.3) is 0 Å². The van der Waals surface area contributed by atoms with Crippen molar-refractivity contribution >= 4 is 17.3 Å². The number of benzene rings is 2. The molecule has 0 unspecified atom stereocenters. The molecule has 2 rings (SSSR count). The molecule has 3 N–H and O–H groups in total. The summed E-state index contributed by atoms with van der Waals surface area (Å²) < 4.78 is 10.7. The average Bonchev–Trinajstić information content (AvgIpc) is 2.55. The second-order valence-electron chi connectivity index (χ2n) is 5.25. The van der Waals surface area contributed by atoms with Gasteiger partial charge in [-0.2, -0.15) is 0 Å². The zero-order chi connectivity index (χ0) is 16.7. The predicted molar refractivity (Wildman–Crippen MR) is 91.9 cm³/mol. The van der Waals surface area contributed by atoms with Crippen LogP contribution < -0.4 is 20.5 Å². The van der Waals surface area contributed by atoms with Crippen LogP contribution in [0.5, 0.6) is 11.5 Å². The first kappa shape index (κ1) is 16.7. The Bertz CT molecular complexity index is 654. The quantitative estimate of drug-likeness (QED) is 0.607. The zero-order valence-corrected chi connectivity index (χ0v) is 13.5. The third-order valence-electron chi connectivity index (χ3n) is 3.44. The molecule has 23 heavy (non-hydrogen) atoms. The van der Waals surface area contributed by atoms with E-state index in [1.165, 1.54) is 0 Å². The Morgan fingerprint density at radius 3 is 2.48 bits per heavy atom. The summed E-state index contributed by atoms with van der Waals surface area (Å²) in [6, 6.07) is 12.9. The number of carbonyl (C=O) groups excluding carboxylic acids is 1. The summed E-state index contributed by atoms with van der Waals surface area (Å²) in [5, 5.41) is 2.83. The highest BCUT2D eigenvalue weighted by molar-refractivity contribution is 5.91. The molecule has 2 aromatic carbocycles. The highest BCUT2D eigenvalue weighted by atomic mass is 16.5. The van der Waals surface area contributed by atoms with Gasteiger partial charge in [-0.3, -0.25) is 4.79 Å². The number of hydrogen-bond acceptors (Lipinski definition) is 4. The second kappa shape index (κ2) is 8.08. The maximum absolute atomic E-state index is 11.9.